The number of hydrogen-bond donors (Lipinski definition) is 3. The average Bonchev–Trinajstić information content (AvgIpc) is 3.01. The van der Waals surface area contributed by atoms with E-state index in [1.807, 2.05) is 63.2 Å². The van der Waals surface area contributed by atoms with Gasteiger partial charge in [0.2, 0.25) is 35.7 Å². The Morgan fingerprint density at radius 1 is 1.22 bits per heavy atom. The molecule has 32 heavy (non-hydrogen) atoms. The van der Waals surface area contributed by atoms with Crippen LogP contribution in [0.25, 0.3) is 0 Å². The van der Waals surface area contributed by atoms with Gasteiger partial charge in [0.15, 0.2) is 0 Å². The summed E-state index contributed by atoms with van der Waals surface area (Å²) in [7, 11) is 7.25. The number of hydrogen-bond acceptors (Lipinski definition) is 7. The number of para-hydroxylation sites is 1. The van der Waals surface area contributed by atoms with Gasteiger partial charge in [0, 0.05) is 33.9 Å². The van der Waals surface area contributed by atoms with E-state index in [4.69, 9.17) is 5.41 Å². The smallest absolute Gasteiger partial charge is 0.249 e. The zero-order valence-electron chi connectivity index (χ0n) is 19.3. The molecule has 0 radical (unpaired) electrons. The molecule has 11 heteroatoms. The fourth-order valence-electron chi connectivity index (χ4n) is 3.49. The Bertz CT molecular complexity index is 1000. The zero-order valence-corrected chi connectivity index (χ0v) is 19.3. The van der Waals surface area contributed by atoms with Gasteiger partial charge in [0.25, 0.3) is 0 Å². The minimum absolute atomic E-state index is 0.0527. The van der Waals surface area contributed by atoms with Crippen molar-refractivity contribution in [3.8, 4) is 0 Å². The van der Waals surface area contributed by atoms with Crippen LogP contribution in [0, 0.1) is 11.3 Å². The molecule has 1 unspecified atom stereocenters. The molecule has 1 amide bonds. The van der Waals surface area contributed by atoms with Crippen molar-refractivity contribution in [2.24, 2.45) is 10.9 Å². The number of amides is 1. The molecule has 1 atom stereocenters. The maximum Gasteiger partial charge on any atom is 0.249 e. The highest BCUT2D eigenvalue weighted by molar-refractivity contribution is 6.14. The lowest BCUT2D eigenvalue weighted by Crippen LogP contribution is -2.41. The van der Waals surface area contributed by atoms with E-state index in [9.17, 15) is 4.79 Å². The van der Waals surface area contributed by atoms with Gasteiger partial charge in [-0.15, -0.1) is 0 Å². The summed E-state index contributed by atoms with van der Waals surface area (Å²) in [5.41, 5.74) is 0.805. The summed E-state index contributed by atoms with van der Waals surface area (Å²) in [6.07, 6.45) is 0.561. The number of anilines is 4. The van der Waals surface area contributed by atoms with Crippen molar-refractivity contribution in [1.29, 1.82) is 5.41 Å². The highest BCUT2D eigenvalue weighted by Gasteiger charge is 2.39. The molecule has 1 aliphatic heterocycles. The van der Waals surface area contributed by atoms with Crippen LogP contribution < -0.4 is 20.4 Å². The summed E-state index contributed by atoms with van der Waals surface area (Å²) in [4.78, 5) is 35.6. The van der Waals surface area contributed by atoms with Crippen LogP contribution in [0.3, 0.4) is 0 Å². The molecule has 1 aromatic carbocycles. The van der Waals surface area contributed by atoms with Crippen LogP contribution in [0.1, 0.15) is 20.3 Å². The molecule has 0 spiro atoms. The molecule has 1 fully saturated rings. The number of carbonyl (C=O) groups is 1. The number of carbonyl (C=O) groups excluding carboxylic acids is 1. The summed E-state index contributed by atoms with van der Waals surface area (Å²) in [6.45, 7) is 4.06. The highest BCUT2D eigenvalue weighted by Crippen LogP contribution is 2.25. The summed E-state index contributed by atoms with van der Waals surface area (Å²) < 4.78 is 0. The molecular formula is C21H30N10O. The average molecular weight is 439 g/mol. The fourth-order valence-corrected chi connectivity index (χ4v) is 3.49. The van der Waals surface area contributed by atoms with E-state index < -0.39 is 6.04 Å². The van der Waals surface area contributed by atoms with Gasteiger partial charge in [0.05, 0.1) is 0 Å². The van der Waals surface area contributed by atoms with Crippen LogP contribution in [-0.4, -0.2) is 71.9 Å². The molecule has 1 saturated heterocycles. The number of benzene rings is 1. The van der Waals surface area contributed by atoms with E-state index in [1.165, 1.54) is 4.90 Å². The Hall–Kier alpha value is -3.76. The van der Waals surface area contributed by atoms with Crippen molar-refractivity contribution in [3.05, 3.63) is 30.3 Å². The molecule has 170 valence electrons. The fraction of sp³-hybridized carbons (Fsp3) is 0.429. The van der Waals surface area contributed by atoms with E-state index in [0.29, 0.717) is 24.3 Å². The van der Waals surface area contributed by atoms with Crippen LogP contribution in [0.4, 0.5) is 23.5 Å². The van der Waals surface area contributed by atoms with Crippen LogP contribution in [0.15, 0.2) is 35.3 Å². The van der Waals surface area contributed by atoms with Crippen molar-refractivity contribution < 1.29 is 4.79 Å². The Morgan fingerprint density at radius 3 is 2.50 bits per heavy atom. The Kier molecular flexibility index (Phi) is 6.86. The minimum Gasteiger partial charge on any atom is -0.349 e. The maximum absolute atomic E-state index is 12.5. The Labute approximate surface area is 188 Å². The largest absolute Gasteiger partial charge is 0.349 e. The second-order valence-corrected chi connectivity index (χ2v) is 8.08. The first-order valence-corrected chi connectivity index (χ1v) is 10.4. The van der Waals surface area contributed by atoms with Crippen LogP contribution in [-0.2, 0) is 4.79 Å². The summed E-state index contributed by atoms with van der Waals surface area (Å²) >= 11 is 0. The van der Waals surface area contributed by atoms with Gasteiger partial charge in [-0.05, 0) is 24.5 Å². The van der Waals surface area contributed by atoms with Crippen molar-refractivity contribution in [2.75, 3.05) is 43.3 Å². The number of rotatable bonds is 6. The normalized spacial score (nSPS) is 16.4. The molecule has 1 aromatic heterocycles. The summed E-state index contributed by atoms with van der Waals surface area (Å²) in [6, 6.07) is 8.96. The summed E-state index contributed by atoms with van der Waals surface area (Å²) in [5, 5.41) is 14.1. The van der Waals surface area contributed by atoms with Crippen LogP contribution in [0.5, 0.6) is 0 Å². The maximum atomic E-state index is 12.5. The van der Waals surface area contributed by atoms with Crippen molar-refractivity contribution >= 4 is 41.4 Å². The molecule has 0 bridgehead atoms. The quantitative estimate of drug-likeness (QED) is 0.461. The van der Waals surface area contributed by atoms with Crippen molar-refractivity contribution in [1.82, 2.24) is 25.2 Å². The van der Waals surface area contributed by atoms with E-state index in [2.05, 4.69) is 30.6 Å². The molecule has 1 aliphatic rings. The SMILES string of the molecule is CN=C(N(C)C)N(C)c1nc(Nc2ccccc2)nc(N2C(=N)NC(=O)C2CC(C)C)n1. The van der Waals surface area contributed by atoms with E-state index in [0.717, 1.165) is 5.69 Å². The van der Waals surface area contributed by atoms with Crippen molar-refractivity contribution in [3.63, 3.8) is 0 Å². The molecule has 3 N–H and O–H groups in total. The standard InChI is InChI=1S/C21H30N10O/c1-13(2)12-15-16(32)25-17(22)31(15)20-27-18(24-14-10-8-7-9-11-14)26-19(28-20)30(6)21(23-3)29(4)5/h7-11,13,15H,12H2,1-6H3,(H2,22,25,32)(H,24,26,27,28). The van der Waals surface area contributed by atoms with E-state index in [1.54, 1.807) is 19.0 Å². The molecular weight excluding hydrogens is 408 g/mol. The lowest BCUT2D eigenvalue weighted by Gasteiger charge is -2.27. The Morgan fingerprint density at radius 2 is 1.91 bits per heavy atom. The third-order valence-electron chi connectivity index (χ3n) is 4.85. The third-order valence-corrected chi connectivity index (χ3v) is 4.85. The number of guanidine groups is 2. The number of nitrogens with zero attached hydrogens (tertiary/aromatic N) is 7. The monoisotopic (exact) mass is 438 g/mol. The lowest BCUT2D eigenvalue weighted by atomic mass is 10.0. The topological polar surface area (TPSA) is 126 Å². The second kappa shape index (κ2) is 9.58. The van der Waals surface area contributed by atoms with Gasteiger partial charge in [0.1, 0.15) is 6.04 Å². The molecule has 11 nitrogen and oxygen atoms in total. The van der Waals surface area contributed by atoms with Gasteiger partial charge < -0.3 is 10.2 Å². The van der Waals surface area contributed by atoms with Gasteiger partial charge in [-0.25, -0.2) is 0 Å². The Balaban J connectivity index is 2.09. The first-order chi connectivity index (χ1) is 15.2. The zero-order chi connectivity index (χ0) is 23.4. The number of aromatic nitrogens is 3. The van der Waals surface area contributed by atoms with Crippen LogP contribution >= 0.6 is 0 Å². The molecule has 3 rings (SSSR count). The predicted octanol–water partition coefficient (Wildman–Crippen LogP) is 1.88. The third kappa shape index (κ3) is 4.93. The van der Waals surface area contributed by atoms with Gasteiger partial charge in [-0.2, -0.15) is 15.0 Å². The first-order valence-electron chi connectivity index (χ1n) is 10.4. The lowest BCUT2D eigenvalue weighted by molar-refractivity contribution is -0.120. The van der Waals surface area contributed by atoms with Crippen molar-refractivity contribution in [2.45, 2.75) is 26.3 Å². The number of nitrogens with one attached hydrogen (secondary N) is 3. The molecule has 0 aliphatic carbocycles. The second-order valence-electron chi connectivity index (χ2n) is 8.08. The molecule has 2 heterocycles. The molecule has 0 saturated carbocycles. The predicted molar refractivity (Wildman–Crippen MR) is 127 cm³/mol. The van der Waals surface area contributed by atoms with Gasteiger partial charge >= 0.3 is 0 Å². The van der Waals surface area contributed by atoms with Gasteiger partial charge in [-0.1, -0.05) is 32.0 Å². The molecule has 2 aromatic rings. The van der Waals surface area contributed by atoms with E-state index in [-0.39, 0.29) is 23.7 Å². The van der Waals surface area contributed by atoms with Gasteiger partial charge in [-0.3, -0.25) is 30.3 Å². The highest BCUT2D eigenvalue weighted by atomic mass is 16.2. The summed E-state index contributed by atoms with van der Waals surface area (Å²) in [5.74, 6) is 1.44. The van der Waals surface area contributed by atoms with Crippen LogP contribution in [0.2, 0.25) is 0 Å². The first kappa shape index (κ1) is 22.9. The number of aliphatic imine (C=N–C) groups is 1. The minimum atomic E-state index is -0.569. The van der Waals surface area contributed by atoms with E-state index >= 15 is 0 Å².